The molecular weight excluding hydrogens is 180 g/mol. The van der Waals surface area contributed by atoms with Gasteiger partial charge in [-0.25, -0.2) is 0 Å². The number of unbranched alkanes of at least 4 members (excludes halogenated alkanes) is 1. The minimum Gasteiger partial charge on any atom is -0.436 e. The highest BCUT2D eigenvalue weighted by Gasteiger charge is 2.24. The van der Waals surface area contributed by atoms with Crippen LogP contribution in [-0.4, -0.2) is 18.9 Å². The maximum Gasteiger partial charge on any atom is 0.313 e. The van der Waals surface area contributed by atoms with Crippen molar-refractivity contribution in [2.45, 2.75) is 53.8 Å². The summed E-state index contributed by atoms with van der Waals surface area (Å²) in [5.74, 6) is -0.221. The molecule has 0 fully saturated rings. The van der Waals surface area contributed by atoms with Gasteiger partial charge in [-0.15, -0.1) is 0 Å². The predicted molar refractivity (Wildman–Crippen MR) is 55.9 cm³/mol. The molecule has 0 amide bonds. The summed E-state index contributed by atoms with van der Waals surface area (Å²) in [6.45, 7) is 9.97. The number of esters is 1. The Morgan fingerprint density at radius 2 is 1.93 bits per heavy atom. The molecule has 3 heteroatoms. The van der Waals surface area contributed by atoms with Crippen LogP contribution in [0.1, 0.15) is 47.5 Å². The maximum absolute atomic E-state index is 11.4. The summed E-state index contributed by atoms with van der Waals surface area (Å²) in [7, 11) is 0. The zero-order chi connectivity index (χ0) is 11.2. The van der Waals surface area contributed by atoms with Crippen LogP contribution in [-0.2, 0) is 14.3 Å². The van der Waals surface area contributed by atoms with E-state index in [4.69, 9.17) is 9.47 Å². The average molecular weight is 202 g/mol. The molecule has 14 heavy (non-hydrogen) atoms. The third-order valence-electron chi connectivity index (χ3n) is 1.74. The van der Waals surface area contributed by atoms with Gasteiger partial charge < -0.3 is 9.47 Å². The fourth-order valence-electron chi connectivity index (χ4n) is 0.755. The molecule has 0 saturated heterocycles. The molecule has 0 bridgehead atoms. The van der Waals surface area contributed by atoms with E-state index in [0.717, 1.165) is 12.8 Å². The second-order valence-electron chi connectivity index (χ2n) is 4.45. The van der Waals surface area contributed by atoms with Crippen molar-refractivity contribution in [3.8, 4) is 0 Å². The molecule has 0 aromatic heterocycles. The molecule has 0 aromatic carbocycles. The molecule has 0 aliphatic rings. The Hall–Kier alpha value is -0.570. The fourth-order valence-corrected chi connectivity index (χ4v) is 0.755. The van der Waals surface area contributed by atoms with E-state index in [1.807, 2.05) is 20.8 Å². The van der Waals surface area contributed by atoms with Gasteiger partial charge in [0.15, 0.2) is 6.29 Å². The highest BCUT2D eigenvalue weighted by atomic mass is 16.7. The van der Waals surface area contributed by atoms with Crippen molar-refractivity contribution in [1.29, 1.82) is 0 Å². The van der Waals surface area contributed by atoms with Gasteiger partial charge in [-0.2, -0.15) is 0 Å². The van der Waals surface area contributed by atoms with Gasteiger partial charge in [0.1, 0.15) is 0 Å². The summed E-state index contributed by atoms with van der Waals surface area (Å²) in [6, 6.07) is 0. The van der Waals surface area contributed by atoms with Crippen molar-refractivity contribution in [3.63, 3.8) is 0 Å². The van der Waals surface area contributed by atoms with Crippen molar-refractivity contribution in [2.24, 2.45) is 5.41 Å². The number of carbonyl (C=O) groups excluding carboxylic acids is 1. The van der Waals surface area contributed by atoms with Gasteiger partial charge in [-0.1, -0.05) is 13.3 Å². The van der Waals surface area contributed by atoms with E-state index < -0.39 is 11.7 Å². The van der Waals surface area contributed by atoms with Crippen molar-refractivity contribution in [3.05, 3.63) is 0 Å². The Bertz CT molecular complexity index is 170. The van der Waals surface area contributed by atoms with Crippen LogP contribution in [0.5, 0.6) is 0 Å². The zero-order valence-electron chi connectivity index (χ0n) is 9.92. The van der Waals surface area contributed by atoms with Crippen LogP contribution >= 0.6 is 0 Å². The third-order valence-corrected chi connectivity index (χ3v) is 1.74. The zero-order valence-corrected chi connectivity index (χ0v) is 9.92. The first-order valence-corrected chi connectivity index (χ1v) is 5.20. The normalized spacial score (nSPS) is 13.8. The lowest BCUT2D eigenvalue weighted by Crippen LogP contribution is -2.28. The summed E-state index contributed by atoms with van der Waals surface area (Å²) >= 11 is 0. The Morgan fingerprint density at radius 1 is 1.36 bits per heavy atom. The number of hydrogen-bond acceptors (Lipinski definition) is 3. The van der Waals surface area contributed by atoms with Gasteiger partial charge in [0.2, 0.25) is 0 Å². The van der Waals surface area contributed by atoms with Crippen molar-refractivity contribution in [1.82, 2.24) is 0 Å². The molecule has 1 unspecified atom stereocenters. The fraction of sp³-hybridized carbons (Fsp3) is 0.909. The van der Waals surface area contributed by atoms with E-state index >= 15 is 0 Å². The molecule has 0 aliphatic heterocycles. The van der Waals surface area contributed by atoms with Gasteiger partial charge in [0, 0.05) is 0 Å². The average Bonchev–Trinajstić information content (AvgIpc) is 2.03. The highest BCUT2D eigenvalue weighted by Crippen LogP contribution is 2.16. The molecule has 1 atom stereocenters. The summed E-state index contributed by atoms with van der Waals surface area (Å²) in [6.07, 6.45) is 1.64. The lowest BCUT2D eigenvalue weighted by atomic mass is 9.97. The first-order valence-electron chi connectivity index (χ1n) is 5.20. The van der Waals surface area contributed by atoms with Gasteiger partial charge in [-0.3, -0.25) is 4.79 Å². The second kappa shape index (κ2) is 6.02. The number of carbonyl (C=O) groups is 1. The molecule has 3 nitrogen and oxygen atoms in total. The van der Waals surface area contributed by atoms with Gasteiger partial charge >= 0.3 is 5.97 Å². The molecular formula is C11H22O3. The molecule has 0 radical (unpaired) electrons. The van der Waals surface area contributed by atoms with Gasteiger partial charge in [0.25, 0.3) is 0 Å². The second-order valence-corrected chi connectivity index (χ2v) is 4.45. The van der Waals surface area contributed by atoms with Gasteiger partial charge in [0.05, 0.1) is 12.0 Å². The lowest BCUT2D eigenvalue weighted by Gasteiger charge is -2.20. The van der Waals surface area contributed by atoms with Crippen LogP contribution < -0.4 is 0 Å². The highest BCUT2D eigenvalue weighted by molar-refractivity contribution is 5.75. The topological polar surface area (TPSA) is 35.5 Å². The largest absolute Gasteiger partial charge is 0.436 e. The minimum atomic E-state index is -0.456. The first-order chi connectivity index (χ1) is 6.38. The molecule has 0 rings (SSSR count). The molecule has 0 N–H and O–H groups in total. The molecule has 0 spiro atoms. The summed E-state index contributed by atoms with van der Waals surface area (Å²) in [5.41, 5.74) is -0.456. The van der Waals surface area contributed by atoms with Crippen LogP contribution in [0.25, 0.3) is 0 Å². The first kappa shape index (κ1) is 13.4. The smallest absolute Gasteiger partial charge is 0.313 e. The van der Waals surface area contributed by atoms with Crippen LogP contribution in [0, 0.1) is 5.41 Å². The summed E-state index contributed by atoms with van der Waals surface area (Å²) < 4.78 is 10.4. The molecule has 84 valence electrons. The van der Waals surface area contributed by atoms with E-state index in [-0.39, 0.29) is 5.97 Å². The molecule has 0 aliphatic carbocycles. The summed E-state index contributed by atoms with van der Waals surface area (Å²) in [4.78, 5) is 11.4. The van der Waals surface area contributed by atoms with Gasteiger partial charge in [-0.05, 0) is 34.1 Å². The van der Waals surface area contributed by atoms with Crippen molar-refractivity contribution >= 4 is 5.97 Å². The molecule has 0 saturated carbocycles. The van der Waals surface area contributed by atoms with E-state index in [0.29, 0.717) is 6.61 Å². The van der Waals surface area contributed by atoms with Crippen molar-refractivity contribution < 1.29 is 14.3 Å². The van der Waals surface area contributed by atoms with E-state index in [1.165, 1.54) is 0 Å². The Kier molecular flexibility index (Phi) is 5.77. The van der Waals surface area contributed by atoms with E-state index in [9.17, 15) is 4.79 Å². The van der Waals surface area contributed by atoms with Crippen LogP contribution in [0.15, 0.2) is 0 Å². The Labute approximate surface area is 86.8 Å². The van der Waals surface area contributed by atoms with Crippen molar-refractivity contribution in [2.75, 3.05) is 6.61 Å². The van der Waals surface area contributed by atoms with E-state index in [2.05, 4.69) is 6.92 Å². The lowest BCUT2D eigenvalue weighted by molar-refractivity contribution is -0.183. The molecule has 0 heterocycles. The summed E-state index contributed by atoms with van der Waals surface area (Å²) in [5, 5.41) is 0. The Morgan fingerprint density at radius 3 is 2.36 bits per heavy atom. The Balaban J connectivity index is 3.72. The monoisotopic (exact) mass is 202 g/mol. The van der Waals surface area contributed by atoms with Crippen LogP contribution in [0.4, 0.5) is 0 Å². The number of ether oxygens (including phenoxy) is 2. The SMILES string of the molecule is CCCCOC(C)OC(=O)C(C)(C)C. The standard InChI is InChI=1S/C11H22O3/c1-6-7-8-13-9(2)14-10(12)11(3,4)5/h9H,6-8H2,1-5H3. The number of rotatable bonds is 5. The van der Waals surface area contributed by atoms with E-state index in [1.54, 1.807) is 6.92 Å². The number of hydrogen-bond donors (Lipinski definition) is 0. The minimum absolute atomic E-state index is 0.221. The van der Waals surface area contributed by atoms with Crippen LogP contribution in [0.3, 0.4) is 0 Å². The third kappa shape index (κ3) is 5.97. The maximum atomic E-state index is 11.4. The van der Waals surface area contributed by atoms with Crippen LogP contribution in [0.2, 0.25) is 0 Å². The molecule has 0 aromatic rings. The quantitative estimate of drug-likeness (QED) is 0.390. The predicted octanol–water partition coefficient (Wildman–Crippen LogP) is 2.74.